The van der Waals surface area contributed by atoms with Gasteiger partial charge in [-0.3, -0.25) is 20.4 Å². The summed E-state index contributed by atoms with van der Waals surface area (Å²) in [5.41, 5.74) is 7.82. The van der Waals surface area contributed by atoms with Gasteiger partial charge in [-0.15, -0.1) is 0 Å². The van der Waals surface area contributed by atoms with Crippen LogP contribution in [0.2, 0.25) is 0 Å². The molecule has 0 spiro atoms. The normalized spacial score (nSPS) is 13.8. The Morgan fingerprint density at radius 2 is 1.83 bits per heavy atom. The van der Waals surface area contributed by atoms with Gasteiger partial charge in [-0.05, 0) is 56.9 Å². The molecule has 0 atom stereocenters. The molecule has 0 bridgehead atoms. The summed E-state index contributed by atoms with van der Waals surface area (Å²) in [4.78, 5) is 26.9. The predicted octanol–water partition coefficient (Wildman–Crippen LogP) is 1.38. The molecule has 7 nitrogen and oxygen atoms in total. The van der Waals surface area contributed by atoms with E-state index in [1.165, 1.54) is 7.11 Å². The summed E-state index contributed by atoms with van der Waals surface area (Å²) in [6.07, 6.45) is 0. The van der Waals surface area contributed by atoms with Crippen LogP contribution in [-0.4, -0.2) is 41.3 Å². The van der Waals surface area contributed by atoms with E-state index < -0.39 is 18.9 Å². The zero-order valence-corrected chi connectivity index (χ0v) is 17.4. The third-order valence-electron chi connectivity index (χ3n) is 5.22. The van der Waals surface area contributed by atoms with Crippen molar-refractivity contribution in [3.63, 3.8) is 0 Å². The molecule has 0 radical (unpaired) electrons. The van der Waals surface area contributed by atoms with Crippen molar-refractivity contribution < 1.29 is 19.3 Å². The molecule has 1 aliphatic rings. The van der Waals surface area contributed by atoms with Crippen LogP contribution in [0.4, 0.5) is 0 Å². The molecular formula is C21H26BN3O4. The Kier molecular flexibility index (Phi) is 5.68. The largest absolute Gasteiger partial charge is 0.496 e. The van der Waals surface area contributed by atoms with Gasteiger partial charge in [0.25, 0.3) is 11.8 Å². The van der Waals surface area contributed by atoms with Crippen LogP contribution < -0.4 is 21.1 Å². The Morgan fingerprint density at radius 1 is 1.14 bits per heavy atom. The van der Waals surface area contributed by atoms with Crippen molar-refractivity contribution in [1.29, 1.82) is 0 Å². The maximum absolute atomic E-state index is 12.5. The van der Waals surface area contributed by atoms with Crippen LogP contribution in [0.15, 0.2) is 36.4 Å². The number of hydrogen-bond donors (Lipinski definition) is 3. The zero-order chi connectivity index (χ0) is 21.3. The van der Waals surface area contributed by atoms with Gasteiger partial charge in [-0.25, -0.2) is 0 Å². The average Bonchev–Trinajstić information content (AvgIpc) is 3.02. The highest BCUT2D eigenvalue weighted by atomic mass is 16.5. The number of hydrazine groups is 1. The van der Waals surface area contributed by atoms with Gasteiger partial charge in [0.15, 0.2) is 0 Å². The Labute approximate surface area is 171 Å². The van der Waals surface area contributed by atoms with Crippen LogP contribution in [0.1, 0.15) is 52.6 Å². The Bertz CT molecular complexity index is 955. The number of methoxy groups -OCH3 is 1. The lowest BCUT2D eigenvalue weighted by Crippen LogP contribution is -2.51. The van der Waals surface area contributed by atoms with Crippen molar-refractivity contribution in [3.05, 3.63) is 58.7 Å². The van der Waals surface area contributed by atoms with Gasteiger partial charge >= 0.3 is 7.05 Å². The van der Waals surface area contributed by atoms with Crippen molar-refractivity contribution in [2.24, 2.45) is 0 Å². The summed E-state index contributed by atoms with van der Waals surface area (Å²) in [7, 11) is 0.765. The van der Waals surface area contributed by atoms with E-state index in [1.54, 1.807) is 37.3 Å². The maximum Gasteiger partial charge on any atom is 0.416 e. The molecule has 0 fully saturated rings. The minimum Gasteiger partial charge on any atom is -0.496 e. The van der Waals surface area contributed by atoms with Gasteiger partial charge in [0.1, 0.15) is 5.75 Å². The molecule has 152 valence electrons. The summed E-state index contributed by atoms with van der Waals surface area (Å²) in [6, 6.07) is 10.3. The quantitative estimate of drug-likeness (QED) is 0.540. The van der Waals surface area contributed by atoms with Gasteiger partial charge in [0, 0.05) is 28.8 Å². The molecule has 8 heteroatoms. The number of amides is 2. The fraction of sp³-hybridized carbons (Fsp3) is 0.333. The van der Waals surface area contributed by atoms with Gasteiger partial charge < -0.3 is 14.6 Å². The molecule has 0 unspecified atom stereocenters. The van der Waals surface area contributed by atoms with Crippen molar-refractivity contribution in [2.45, 2.75) is 39.8 Å². The predicted molar refractivity (Wildman–Crippen MR) is 112 cm³/mol. The fourth-order valence-corrected chi connectivity index (χ4v) is 3.50. The van der Waals surface area contributed by atoms with E-state index in [-0.39, 0.29) is 5.54 Å². The summed E-state index contributed by atoms with van der Waals surface area (Å²) in [5, 5.41) is 10.6. The first-order valence-corrected chi connectivity index (χ1v) is 9.45. The molecule has 3 rings (SSSR count). The minimum absolute atomic E-state index is 0.205. The number of benzene rings is 2. The van der Waals surface area contributed by atoms with Crippen molar-refractivity contribution in [3.8, 4) is 5.75 Å². The third kappa shape index (κ3) is 4.13. The molecule has 0 saturated heterocycles. The number of carbonyl (C=O) groups is 2. The van der Waals surface area contributed by atoms with Gasteiger partial charge in [0.05, 0.1) is 7.11 Å². The standard InChI is InChI=1S/C21H26BN3O4/c1-13-16(7-6-8-18(13)29-5)20(27)24-23-19(26)14-9-10-15-12-25(21(2,3)4)22(28)17(15)11-14/h6-11,28H,12H2,1-5H3,(H,23,26)(H,24,27). The second-order valence-corrected chi connectivity index (χ2v) is 8.13. The average molecular weight is 395 g/mol. The lowest BCUT2D eigenvalue weighted by Gasteiger charge is -2.33. The lowest BCUT2D eigenvalue weighted by molar-refractivity contribution is 0.0846. The Morgan fingerprint density at radius 3 is 2.48 bits per heavy atom. The molecular weight excluding hydrogens is 369 g/mol. The molecule has 29 heavy (non-hydrogen) atoms. The van der Waals surface area contributed by atoms with E-state index in [4.69, 9.17) is 4.74 Å². The molecule has 0 aliphatic carbocycles. The molecule has 0 aromatic heterocycles. The van der Waals surface area contributed by atoms with E-state index in [0.29, 0.717) is 34.4 Å². The first kappa shape index (κ1) is 20.9. The third-order valence-corrected chi connectivity index (χ3v) is 5.22. The minimum atomic E-state index is -0.772. The second-order valence-electron chi connectivity index (χ2n) is 8.13. The van der Waals surface area contributed by atoms with Gasteiger partial charge in [-0.2, -0.15) is 0 Å². The molecule has 2 aromatic carbocycles. The van der Waals surface area contributed by atoms with E-state index in [0.717, 1.165) is 5.56 Å². The van der Waals surface area contributed by atoms with Crippen molar-refractivity contribution in [1.82, 2.24) is 15.7 Å². The molecule has 1 heterocycles. The number of nitrogens with zero attached hydrogens (tertiary/aromatic N) is 1. The SMILES string of the molecule is COc1cccc(C(=O)NNC(=O)c2ccc3c(c2)B(O)N(C(C)(C)C)C3)c1C. The van der Waals surface area contributed by atoms with Crippen LogP contribution in [0, 0.1) is 6.92 Å². The summed E-state index contributed by atoms with van der Waals surface area (Å²) < 4.78 is 5.22. The van der Waals surface area contributed by atoms with E-state index in [2.05, 4.69) is 10.9 Å². The molecule has 0 saturated carbocycles. The van der Waals surface area contributed by atoms with E-state index >= 15 is 0 Å². The number of nitrogens with one attached hydrogen (secondary N) is 2. The number of rotatable bonds is 3. The maximum atomic E-state index is 12.5. The lowest BCUT2D eigenvalue weighted by atomic mass is 9.71. The summed E-state index contributed by atoms with van der Waals surface area (Å²) >= 11 is 0. The molecule has 3 N–H and O–H groups in total. The van der Waals surface area contributed by atoms with Crippen LogP contribution in [0.5, 0.6) is 5.75 Å². The number of ether oxygens (including phenoxy) is 1. The van der Waals surface area contributed by atoms with E-state index in [9.17, 15) is 14.6 Å². The van der Waals surface area contributed by atoms with E-state index in [1.807, 2.05) is 31.6 Å². The summed E-state index contributed by atoms with van der Waals surface area (Å²) in [5.74, 6) is -0.294. The number of carbonyl (C=O) groups excluding carboxylic acids is 2. The summed E-state index contributed by atoms with van der Waals surface area (Å²) in [6.45, 7) is 8.50. The zero-order valence-electron chi connectivity index (χ0n) is 17.4. The highest BCUT2D eigenvalue weighted by Gasteiger charge is 2.39. The second kappa shape index (κ2) is 7.89. The number of hydrogen-bond acceptors (Lipinski definition) is 5. The van der Waals surface area contributed by atoms with Gasteiger partial charge in [-0.1, -0.05) is 18.2 Å². The smallest absolute Gasteiger partial charge is 0.416 e. The highest BCUT2D eigenvalue weighted by Crippen LogP contribution is 2.24. The van der Waals surface area contributed by atoms with Crippen LogP contribution >= 0.6 is 0 Å². The fourth-order valence-electron chi connectivity index (χ4n) is 3.50. The number of fused-ring (bicyclic) bond motifs is 1. The Balaban J connectivity index is 1.70. The first-order valence-electron chi connectivity index (χ1n) is 9.45. The molecule has 2 amide bonds. The van der Waals surface area contributed by atoms with Crippen molar-refractivity contribution in [2.75, 3.05) is 7.11 Å². The van der Waals surface area contributed by atoms with Crippen LogP contribution in [0.25, 0.3) is 0 Å². The van der Waals surface area contributed by atoms with Crippen LogP contribution in [-0.2, 0) is 6.54 Å². The Hall–Kier alpha value is -2.84. The molecule has 1 aliphatic heterocycles. The first-order chi connectivity index (χ1) is 13.6. The van der Waals surface area contributed by atoms with Crippen molar-refractivity contribution >= 4 is 24.3 Å². The van der Waals surface area contributed by atoms with Gasteiger partial charge in [0.2, 0.25) is 0 Å². The highest BCUT2D eigenvalue weighted by molar-refractivity contribution is 6.65. The molecule has 2 aromatic rings. The monoisotopic (exact) mass is 395 g/mol. The topological polar surface area (TPSA) is 90.9 Å². The van der Waals surface area contributed by atoms with Crippen LogP contribution in [0.3, 0.4) is 0 Å².